The molecule has 3 nitrogen and oxygen atoms in total. The highest BCUT2D eigenvalue weighted by molar-refractivity contribution is 7.17. The molecule has 0 radical (unpaired) electrons. The molecule has 25 heavy (non-hydrogen) atoms. The number of halogens is 1. The molecule has 3 aromatic rings. The summed E-state index contributed by atoms with van der Waals surface area (Å²) in [7, 11) is 4.03. The number of likely N-dealkylation sites (N-methyl/N-ethyl adjacent to an activating group) is 1. The SMILES string of the molecule is CN(C)[C@H](CNC(=O)Cc1ccc(F)cc1)c1csc2ccccc12. The van der Waals surface area contributed by atoms with Gasteiger partial charge in [0, 0.05) is 11.2 Å². The lowest BCUT2D eigenvalue weighted by Crippen LogP contribution is -2.35. The highest BCUT2D eigenvalue weighted by Gasteiger charge is 2.19. The van der Waals surface area contributed by atoms with Crippen LogP contribution in [0.4, 0.5) is 4.39 Å². The molecule has 130 valence electrons. The first-order valence-electron chi connectivity index (χ1n) is 8.18. The molecule has 2 aromatic carbocycles. The predicted molar refractivity (Wildman–Crippen MR) is 101 cm³/mol. The van der Waals surface area contributed by atoms with Crippen molar-refractivity contribution in [1.29, 1.82) is 0 Å². The minimum atomic E-state index is -0.291. The zero-order valence-corrected chi connectivity index (χ0v) is 15.1. The van der Waals surface area contributed by atoms with E-state index in [4.69, 9.17) is 0 Å². The van der Waals surface area contributed by atoms with Crippen LogP contribution in [0.3, 0.4) is 0 Å². The van der Waals surface area contributed by atoms with E-state index in [0.29, 0.717) is 6.54 Å². The molecule has 1 amide bonds. The Balaban J connectivity index is 1.68. The van der Waals surface area contributed by atoms with Gasteiger partial charge in [-0.3, -0.25) is 4.79 Å². The van der Waals surface area contributed by atoms with Crippen molar-refractivity contribution in [2.45, 2.75) is 12.5 Å². The van der Waals surface area contributed by atoms with Gasteiger partial charge in [-0.15, -0.1) is 11.3 Å². The normalized spacial score (nSPS) is 12.5. The van der Waals surface area contributed by atoms with E-state index in [1.54, 1.807) is 23.5 Å². The molecule has 5 heteroatoms. The van der Waals surface area contributed by atoms with Crippen molar-refractivity contribution < 1.29 is 9.18 Å². The van der Waals surface area contributed by atoms with Crippen LogP contribution in [-0.2, 0) is 11.2 Å². The molecule has 0 fully saturated rings. The van der Waals surface area contributed by atoms with Crippen LogP contribution in [0, 0.1) is 5.82 Å². The van der Waals surface area contributed by atoms with Crippen LogP contribution < -0.4 is 5.32 Å². The van der Waals surface area contributed by atoms with Gasteiger partial charge in [0.1, 0.15) is 5.82 Å². The molecule has 3 rings (SSSR count). The number of nitrogens with one attached hydrogen (secondary N) is 1. The Morgan fingerprint density at radius 2 is 1.88 bits per heavy atom. The molecule has 0 aliphatic rings. The first-order chi connectivity index (χ1) is 12.0. The number of thiophene rings is 1. The number of carbonyl (C=O) groups excluding carboxylic acids is 1. The van der Waals surface area contributed by atoms with E-state index in [2.05, 4.69) is 27.7 Å². The minimum Gasteiger partial charge on any atom is -0.354 e. The van der Waals surface area contributed by atoms with Crippen molar-refractivity contribution in [2.24, 2.45) is 0 Å². The van der Waals surface area contributed by atoms with Gasteiger partial charge in [0.25, 0.3) is 0 Å². The summed E-state index contributed by atoms with van der Waals surface area (Å²) >= 11 is 1.72. The Bertz CT molecular complexity index is 858. The number of rotatable bonds is 6. The standard InChI is InChI=1S/C20H21FN2OS/c1-23(2)18(17-13-25-19-6-4-3-5-16(17)19)12-22-20(24)11-14-7-9-15(21)10-8-14/h3-10,13,18H,11-12H2,1-2H3,(H,22,24)/t18-/m1/s1. The molecule has 0 aliphatic heterocycles. The molecule has 0 saturated carbocycles. The maximum absolute atomic E-state index is 12.9. The fraction of sp³-hybridized carbons (Fsp3) is 0.250. The second-order valence-electron chi connectivity index (χ2n) is 6.27. The second kappa shape index (κ2) is 7.76. The Hall–Kier alpha value is -2.24. The fourth-order valence-electron chi connectivity index (χ4n) is 2.89. The average molecular weight is 356 g/mol. The molecule has 1 atom stereocenters. The third-order valence-electron chi connectivity index (χ3n) is 4.26. The van der Waals surface area contributed by atoms with Gasteiger partial charge >= 0.3 is 0 Å². The lowest BCUT2D eigenvalue weighted by atomic mass is 10.0. The third-order valence-corrected chi connectivity index (χ3v) is 5.25. The highest BCUT2D eigenvalue weighted by atomic mass is 32.1. The smallest absolute Gasteiger partial charge is 0.224 e. The molecular formula is C20H21FN2OS. The summed E-state index contributed by atoms with van der Waals surface area (Å²) < 4.78 is 14.2. The highest BCUT2D eigenvalue weighted by Crippen LogP contribution is 2.31. The summed E-state index contributed by atoms with van der Waals surface area (Å²) in [5, 5.41) is 6.41. The van der Waals surface area contributed by atoms with Gasteiger partial charge in [0.2, 0.25) is 5.91 Å². The number of nitrogens with zero attached hydrogens (tertiary/aromatic N) is 1. The van der Waals surface area contributed by atoms with Crippen molar-refractivity contribution in [3.8, 4) is 0 Å². The van der Waals surface area contributed by atoms with Crippen LogP contribution in [0.2, 0.25) is 0 Å². The van der Waals surface area contributed by atoms with Crippen LogP contribution in [0.25, 0.3) is 10.1 Å². The van der Waals surface area contributed by atoms with Gasteiger partial charge in [0.05, 0.1) is 12.5 Å². The molecule has 0 aliphatic carbocycles. The van der Waals surface area contributed by atoms with Gasteiger partial charge in [-0.2, -0.15) is 0 Å². The predicted octanol–water partition coefficient (Wildman–Crippen LogP) is 4.00. The fourth-order valence-corrected chi connectivity index (χ4v) is 3.90. The Morgan fingerprint density at radius 3 is 2.60 bits per heavy atom. The van der Waals surface area contributed by atoms with Gasteiger partial charge in [-0.1, -0.05) is 30.3 Å². The van der Waals surface area contributed by atoms with Crippen LogP contribution >= 0.6 is 11.3 Å². The van der Waals surface area contributed by atoms with E-state index in [0.717, 1.165) is 5.56 Å². The Morgan fingerprint density at radius 1 is 1.16 bits per heavy atom. The molecule has 1 aromatic heterocycles. The van der Waals surface area contributed by atoms with E-state index < -0.39 is 0 Å². The molecule has 0 unspecified atom stereocenters. The summed E-state index contributed by atoms with van der Waals surface area (Å²) in [4.78, 5) is 14.4. The van der Waals surface area contributed by atoms with E-state index in [1.165, 1.54) is 27.8 Å². The first kappa shape index (κ1) is 17.6. The van der Waals surface area contributed by atoms with Crippen molar-refractivity contribution in [1.82, 2.24) is 10.2 Å². The Kier molecular flexibility index (Phi) is 5.46. The maximum atomic E-state index is 12.9. The maximum Gasteiger partial charge on any atom is 0.224 e. The number of hydrogen-bond acceptors (Lipinski definition) is 3. The summed E-state index contributed by atoms with van der Waals surface area (Å²) in [6, 6.07) is 14.5. The summed E-state index contributed by atoms with van der Waals surface area (Å²) in [5.74, 6) is -0.348. The number of hydrogen-bond donors (Lipinski definition) is 1. The third kappa shape index (κ3) is 4.24. The monoisotopic (exact) mass is 356 g/mol. The van der Waals surface area contributed by atoms with Crippen LogP contribution in [0.5, 0.6) is 0 Å². The zero-order valence-electron chi connectivity index (χ0n) is 14.3. The first-order valence-corrected chi connectivity index (χ1v) is 9.06. The van der Waals surface area contributed by atoms with Crippen molar-refractivity contribution >= 4 is 27.3 Å². The lowest BCUT2D eigenvalue weighted by molar-refractivity contribution is -0.120. The quantitative estimate of drug-likeness (QED) is 0.724. The molecule has 0 bridgehead atoms. The summed E-state index contributed by atoms with van der Waals surface area (Å²) in [5.41, 5.74) is 2.04. The lowest BCUT2D eigenvalue weighted by Gasteiger charge is -2.24. The van der Waals surface area contributed by atoms with Crippen molar-refractivity contribution in [2.75, 3.05) is 20.6 Å². The molecule has 1 heterocycles. The van der Waals surface area contributed by atoms with Crippen molar-refractivity contribution in [3.63, 3.8) is 0 Å². The van der Waals surface area contributed by atoms with Crippen LogP contribution in [-0.4, -0.2) is 31.4 Å². The largest absolute Gasteiger partial charge is 0.354 e. The van der Waals surface area contributed by atoms with E-state index in [9.17, 15) is 9.18 Å². The van der Waals surface area contributed by atoms with E-state index in [1.807, 2.05) is 26.2 Å². The van der Waals surface area contributed by atoms with E-state index in [-0.39, 0.29) is 24.2 Å². The van der Waals surface area contributed by atoms with Crippen molar-refractivity contribution in [3.05, 3.63) is 70.9 Å². The van der Waals surface area contributed by atoms with Gasteiger partial charge in [-0.25, -0.2) is 4.39 Å². The molecule has 1 N–H and O–H groups in total. The Labute approximate surface area is 151 Å². The number of carbonyl (C=O) groups is 1. The number of benzene rings is 2. The minimum absolute atomic E-state index is 0.0574. The number of fused-ring (bicyclic) bond motifs is 1. The molecule has 0 spiro atoms. The zero-order chi connectivity index (χ0) is 17.8. The van der Waals surface area contributed by atoms with Crippen LogP contribution in [0.15, 0.2) is 53.9 Å². The number of amides is 1. The van der Waals surface area contributed by atoms with Crippen LogP contribution in [0.1, 0.15) is 17.2 Å². The van der Waals surface area contributed by atoms with Gasteiger partial charge in [-0.05, 0) is 54.2 Å². The van der Waals surface area contributed by atoms with Gasteiger partial charge in [0.15, 0.2) is 0 Å². The second-order valence-corrected chi connectivity index (χ2v) is 7.19. The molecular weight excluding hydrogens is 335 g/mol. The average Bonchev–Trinajstić information content (AvgIpc) is 3.01. The van der Waals surface area contributed by atoms with Gasteiger partial charge < -0.3 is 10.2 Å². The summed E-state index contributed by atoms with van der Waals surface area (Å²) in [6.45, 7) is 0.535. The topological polar surface area (TPSA) is 32.3 Å². The molecule has 0 saturated heterocycles. The van der Waals surface area contributed by atoms with E-state index >= 15 is 0 Å². The summed E-state index contributed by atoms with van der Waals surface area (Å²) in [6.07, 6.45) is 0.255.